The highest BCUT2D eigenvalue weighted by Gasteiger charge is 2.35. The van der Waals surface area contributed by atoms with E-state index in [-0.39, 0.29) is 19.1 Å². The van der Waals surface area contributed by atoms with Crippen LogP contribution in [0.5, 0.6) is 0 Å². The SMILES string of the molecule is CCNC(=O)C1COCCN1C(=O)NCC(C)(O)C(=O)O. The number of likely N-dealkylation sites (N-methyl/N-ethyl adjacent to an activating group) is 1. The smallest absolute Gasteiger partial charge is 0.337 e. The molecule has 0 aliphatic carbocycles. The van der Waals surface area contributed by atoms with Crippen LogP contribution in [0.1, 0.15) is 13.8 Å². The summed E-state index contributed by atoms with van der Waals surface area (Å²) in [6.45, 7) is 3.39. The molecule has 3 amide bonds. The van der Waals surface area contributed by atoms with Crippen LogP contribution >= 0.6 is 0 Å². The Balaban J connectivity index is 2.65. The molecule has 2 atom stereocenters. The van der Waals surface area contributed by atoms with Crippen LogP contribution in [0.4, 0.5) is 4.79 Å². The second kappa shape index (κ2) is 7.23. The van der Waals surface area contributed by atoms with Crippen molar-refractivity contribution in [3.8, 4) is 0 Å². The molecule has 0 aromatic rings. The normalized spacial score (nSPS) is 21.3. The molecule has 4 N–H and O–H groups in total. The number of nitrogens with zero attached hydrogens (tertiary/aromatic N) is 1. The van der Waals surface area contributed by atoms with Crippen LogP contribution < -0.4 is 10.6 Å². The minimum absolute atomic E-state index is 0.0780. The highest BCUT2D eigenvalue weighted by molar-refractivity contribution is 5.87. The van der Waals surface area contributed by atoms with Gasteiger partial charge in [0.2, 0.25) is 5.91 Å². The van der Waals surface area contributed by atoms with Gasteiger partial charge in [0.1, 0.15) is 6.04 Å². The lowest BCUT2D eigenvalue weighted by Crippen LogP contribution is -2.59. The number of carbonyl (C=O) groups excluding carboxylic acids is 2. The molecule has 2 unspecified atom stereocenters. The number of rotatable bonds is 5. The minimum atomic E-state index is -2.07. The van der Waals surface area contributed by atoms with Crippen molar-refractivity contribution in [2.75, 3.05) is 32.8 Å². The van der Waals surface area contributed by atoms with E-state index < -0.39 is 30.2 Å². The third-order valence-electron chi connectivity index (χ3n) is 3.09. The van der Waals surface area contributed by atoms with Crippen molar-refractivity contribution in [2.45, 2.75) is 25.5 Å². The van der Waals surface area contributed by atoms with Crippen LogP contribution in [-0.2, 0) is 14.3 Å². The van der Waals surface area contributed by atoms with Crippen molar-refractivity contribution in [3.63, 3.8) is 0 Å². The second-order valence-electron chi connectivity index (χ2n) is 4.92. The summed E-state index contributed by atoms with van der Waals surface area (Å²) in [5.41, 5.74) is -2.07. The van der Waals surface area contributed by atoms with Crippen molar-refractivity contribution >= 4 is 17.9 Å². The summed E-state index contributed by atoms with van der Waals surface area (Å²) < 4.78 is 5.19. The molecule has 1 fully saturated rings. The number of morpholine rings is 1. The lowest BCUT2D eigenvalue weighted by molar-refractivity contribution is -0.155. The summed E-state index contributed by atoms with van der Waals surface area (Å²) in [7, 11) is 0. The van der Waals surface area contributed by atoms with Gasteiger partial charge in [-0.25, -0.2) is 9.59 Å². The van der Waals surface area contributed by atoms with Crippen LogP contribution in [0.25, 0.3) is 0 Å². The van der Waals surface area contributed by atoms with E-state index in [0.29, 0.717) is 13.2 Å². The highest BCUT2D eigenvalue weighted by Crippen LogP contribution is 2.08. The lowest BCUT2D eigenvalue weighted by Gasteiger charge is -2.35. The van der Waals surface area contributed by atoms with E-state index in [0.717, 1.165) is 6.92 Å². The molecule has 0 radical (unpaired) electrons. The molecule has 1 rings (SSSR count). The number of hydrogen-bond donors (Lipinski definition) is 4. The Labute approximate surface area is 122 Å². The zero-order valence-corrected chi connectivity index (χ0v) is 12.1. The van der Waals surface area contributed by atoms with Gasteiger partial charge in [0, 0.05) is 13.1 Å². The molecule has 0 aromatic carbocycles. The Morgan fingerprint density at radius 3 is 2.62 bits per heavy atom. The molecular formula is C12H21N3O6. The van der Waals surface area contributed by atoms with Crippen LogP contribution in [0.15, 0.2) is 0 Å². The molecule has 1 saturated heterocycles. The van der Waals surface area contributed by atoms with Crippen LogP contribution in [0.2, 0.25) is 0 Å². The Kier molecular flexibility index (Phi) is 5.91. The van der Waals surface area contributed by atoms with E-state index in [9.17, 15) is 19.5 Å². The second-order valence-corrected chi connectivity index (χ2v) is 4.92. The van der Waals surface area contributed by atoms with Crippen molar-refractivity contribution in [3.05, 3.63) is 0 Å². The fourth-order valence-corrected chi connectivity index (χ4v) is 1.78. The summed E-state index contributed by atoms with van der Waals surface area (Å²) in [4.78, 5) is 36.0. The third-order valence-corrected chi connectivity index (χ3v) is 3.09. The average molecular weight is 303 g/mol. The maximum absolute atomic E-state index is 12.1. The van der Waals surface area contributed by atoms with Gasteiger partial charge < -0.3 is 30.5 Å². The van der Waals surface area contributed by atoms with E-state index in [1.165, 1.54) is 4.90 Å². The van der Waals surface area contributed by atoms with E-state index >= 15 is 0 Å². The van der Waals surface area contributed by atoms with Gasteiger partial charge in [-0.05, 0) is 13.8 Å². The first kappa shape index (κ1) is 17.2. The Hall–Kier alpha value is -1.87. The zero-order chi connectivity index (χ0) is 16.0. The largest absolute Gasteiger partial charge is 0.479 e. The summed E-state index contributed by atoms with van der Waals surface area (Å²) in [6, 6.07) is -1.38. The maximum atomic E-state index is 12.1. The fraction of sp³-hybridized carbons (Fsp3) is 0.750. The number of carboxylic acids is 1. The van der Waals surface area contributed by atoms with Crippen LogP contribution in [-0.4, -0.2) is 77.5 Å². The zero-order valence-electron chi connectivity index (χ0n) is 12.1. The number of aliphatic hydroxyl groups is 1. The molecule has 9 nitrogen and oxygen atoms in total. The van der Waals surface area contributed by atoms with Gasteiger partial charge >= 0.3 is 12.0 Å². The van der Waals surface area contributed by atoms with Crippen LogP contribution in [0, 0.1) is 0 Å². The van der Waals surface area contributed by atoms with Gasteiger partial charge in [0.05, 0.1) is 19.8 Å². The first-order valence-corrected chi connectivity index (χ1v) is 6.65. The topological polar surface area (TPSA) is 128 Å². The van der Waals surface area contributed by atoms with E-state index in [1.54, 1.807) is 6.92 Å². The van der Waals surface area contributed by atoms with E-state index in [4.69, 9.17) is 9.84 Å². The third kappa shape index (κ3) is 4.57. The fourth-order valence-electron chi connectivity index (χ4n) is 1.78. The van der Waals surface area contributed by atoms with Crippen molar-refractivity contribution < 1.29 is 29.3 Å². The quantitative estimate of drug-likeness (QED) is 0.483. The minimum Gasteiger partial charge on any atom is -0.479 e. The molecule has 9 heteroatoms. The van der Waals surface area contributed by atoms with E-state index in [1.807, 2.05) is 0 Å². The number of amides is 3. The Morgan fingerprint density at radius 1 is 1.38 bits per heavy atom. The number of carboxylic acid groups (broad SMARTS) is 1. The lowest BCUT2D eigenvalue weighted by atomic mass is 10.1. The first-order valence-electron chi connectivity index (χ1n) is 6.65. The van der Waals surface area contributed by atoms with Crippen molar-refractivity contribution in [2.24, 2.45) is 0 Å². The van der Waals surface area contributed by atoms with Gasteiger partial charge in [-0.2, -0.15) is 0 Å². The summed E-state index contributed by atoms with van der Waals surface area (Å²) >= 11 is 0. The van der Waals surface area contributed by atoms with Gasteiger partial charge in [0.15, 0.2) is 5.60 Å². The molecule has 120 valence electrons. The molecule has 0 bridgehead atoms. The van der Waals surface area contributed by atoms with Gasteiger partial charge in [0.25, 0.3) is 0 Å². The average Bonchev–Trinajstić information content (AvgIpc) is 2.45. The molecule has 21 heavy (non-hydrogen) atoms. The maximum Gasteiger partial charge on any atom is 0.337 e. The van der Waals surface area contributed by atoms with Crippen molar-refractivity contribution in [1.82, 2.24) is 15.5 Å². The monoisotopic (exact) mass is 303 g/mol. The van der Waals surface area contributed by atoms with Gasteiger partial charge in [-0.15, -0.1) is 0 Å². The van der Waals surface area contributed by atoms with E-state index in [2.05, 4.69) is 10.6 Å². The number of carbonyl (C=O) groups is 3. The standard InChI is InChI=1S/C12H21N3O6/c1-3-13-9(16)8-6-21-5-4-15(8)11(19)14-7-12(2,20)10(17)18/h8,20H,3-7H2,1-2H3,(H,13,16)(H,14,19)(H,17,18). The highest BCUT2D eigenvalue weighted by atomic mass is 16.5. The number of hydrogen-bond acceptors (Lipinski definition) is 5. The van der Waals surface area contributed by atoms with Gasteiger partial charge in [-0.3, -0.25) is 4.79 Å². The number of urea groups is 1. The van der Waals surface area contributed by atoms with Crippen molar-refractivity contribution in [1.29, 1.82) is 0 Å². The predicted molar refractivity (Wildman–Crippen MR) is 71.7 cm³/mol. The molecule has 1 heterocycles. The first-order chi connectivity index (χ1) is 9.79. The molecule has 1 aliphatic rings. The number of aliphatic carboxylic acids is 1. The molecule has 0 spiro atoms. The van der Waals surface area contributed by atoms with Crippen LogP contribution in [0.3, 0.4) is 0 Å². The number of nitrogens with one attached hydrogen (secondary N) is 2. The summed E-state index contributed by atoms with van der Waals surface area (Å²) in [5, 5.41) is 23.3. The summed E-state index contributed by atoms with van der Waals surface area (Å²) in [5.74, 6) is -1.78. The molecule has 0 saturated carbocycles. The van der Waals surface area contributed by atoms with Gasteiger partial charge in [-0.1, -0.05) is 0 Å². The molecule has 0 aromatic heterocycles. The summed E-state index contributed by atoms with van der Waals surface area (Å²) in [6.07, 6.45) is 0. The number of ether oxygens (including phenoxy) is 1. The Bertz CT molecular complexity index is 412. The molecule has 1 aliphatic heterocycles. The molecular weight excluding hydrogens is 282 g/mol. The Morgan fingerprint density at radius 2 is 2.05 bits per heavy atom. The predicted octanol–water partition coefficient (Wildman–Crippen LogP) is -1.63.